The molecule has 0 atom stereocenters. The maximum atomic E-state index is 5.17. The van der Waals surface area contributed by atoms with Gasteiger partial charge >= 0.3 is 0 Å². The molecule has 0 bridgehead atoms. The Balaban J connectivity index is 1.84. The van der Waals surface area contributed by atoms with Crippen molar-refractivity contribution < 1.29 is 4.18 Å². The van der Waals surface area contributed by atoms with Gasteiger partial charge in [0.25, 0.3) is 0 Å². The second-order valence-electron chi connectivity index (χ2n) is 4.37. The second kappa shape index (κ2) is 9.83. The minimum atomic E-state index is 1.18. The average molecular weight is 240 g/mol. The highest BCUT2D eigenvalue weighted by atomic mass is 32.2. The SMILES string of the molecule is CCCCCCCCCCC1=CC=COS1. The van der Waals surface area contributed by atoms with Gasteiger partial charge in [-0.2, -0.15) is 0 Å². The summed E-state index contributed by atoms with van der Waals surface area (Å²) in [4.78, 5) is 1.37. The van der Waals surface area contributed by atoms with E-state index in [9.17, 15) is 0 Å². The van der Waals surface area contributed by atoms with E-state index in [1.165, 1.54) is 74.7 Å². The third-order valence-electron chi connectivity index (χ3n) is 2.85. The van der Waals surface area contributed by atoms with Crippen LogP contribution in [0.2, 0.25) is 0 Å². The van der Waals surface area contributed by atoms with E-state index in [1.54, 1.807) is 6.26 Å². The molecule has 0 N–H and O–H groups in total. The molecule has 0 fully saturated rings. The minimum Gasteiger partial charge on any atom is -0.429 e. The van der Waals surface area contributed by atoms with Crippen molar-refractivity contribution in [1.82, 2.24) is 0 Å². The molecular formula is C14H24OS. The van der Waals surface area contributed by atoms with Crippen molar-refractivity contribution in [3.63, 3.8) is 0 Å². The Morgan fingerprint density at radius 3 is 2.31 bits per heavy atom. The molecule has 1 rings (SSSR count). The molecule has 92 valence electrons. The van der Waals surface area contributed by atoms with Crippen LogP contribution in [0.3, 0.4) is 0 Å². The minimum absolute atomic E-state index is 1.18. The van der Waals surface area contributed by atoms with Gasteiger partial charge in [0.2, 0.25) is 0 Å². The lowest BCUT2D eigenvalue weighted by molar-refractivity contribution is 0.559. The number of allylic oxidation sites excluding steroid dienone is 3. The molecule has 2 heteroatoms. The van der Waals surface area contributed by atoms with Gasteiger partial charge < -0.3 is 4.18 Å². The Morgan fingerprint density at radius 2 is 1.69 bits per heavy atom. The molecule has 0 aromatic heterocycles. The molecule has 0 spiro atoms. The van der Waals surface area contributed by atoms with Crippen LogP contribution in [0.1, 0.15) is 64.7 Å². The molecule has 0 aliphatic carbocycles. The number of hydrogen-bond acceptors (Lipinski definition) is 2. The Labute approximate surface area is 105 Å². The van der Waals surface area contributed by atoms with E-state index in [0.717, 1.165) is 0 Å². The largest absolute Gasteiger partial charge is 0.429 e. The summed E-state index contributed by atoms with van der Waals surface area (Å²) in [5, 5.41) is 0. The van der Waals surface area contributed by atoms with Crippen molar-refractivity contribution in [3.05, 3.63) is 23.3 Å². The predicted molar refractivity (Wildman–Crippen MR) is 73.1 cm³/mol. The quantitative estimate of drug-likeness (QED) is 0.383. The topological polar surface area (TPSA) is 9.23 Å². The summed E-state index contributed by atoms with van der Waals surface area (Å²) in [7, 11) is 0. The molecule has 1 aliphatic heterocycles. The van der Waals surface area contributed by atoms with E-state index in [2.05, 4.69) is 13.0 Å². The van der Waals surface area contributed by atoms with Crippen molar-refractivity contribution in [1.29, 1.82) is 0 Å². The lowest BCUT2D eigenvalue weighted by Crippen LogP contribution is -1.85. The fourth-order valence-corrected chi connectivity index (χ4v) is 2.46. The smallest absolute Gasteiger partial charge is 0.102 e. The van der Waals surface area contributed by atoms with Crippen LogP contribution < -0.4 is 0 Å². The van der Waals surface area contributed by atoms with Crippen LogP contribution in [-0.4, -0.2) is 0 Å². The first-order valence-corrected chi connectivity index (χ1v) is 7.36. The van der Waals surface area contributed by atoms with Gasteiger partial charge in [-0.3, -0.25) is 0 Å². The van der Waals surface area contributed by atoms with Gasteiger partial charge in [0.1, 0.15) is 6.26 Å². The first kappa shape index (κ1) is 13.7. The summed E-state index contributed by atoms with van der Waals surface area (Å²) in [6.07, 6.45) is 18.2. The van der Waals surface area contributed by atoms with Crippen LogP contribution in [0.4, 0.5) is 0 Å². The van der Waals surface area contributed by atoms with E-state index in [4.69, 9.17) is 4.18 Å². The van der Waals surface area contributed by atoms with Crippen LogP contribution in [0.5, 0.6) is 0 Å². The molecule has 0 aromatic carbocycles. The van der Waals surface area contributed by atoms with Gasteiger partial charge in [-0.15, -0.1) is 0 Å². The zero-order valence-corrected chi connectivity index (χ0v) is 11.2. The highest BCUT2D eigenvalue weighted by Crippen LogP contribution is 2.26. The first-order valence-electron chi connectivity index (χ1n) is 6.62. The van der Waals surface area contributed by atoms with Crippen LogP contribution in [0.25, 0.3) is 0 Å². The maximum absolute atomic E-state index is 5.17. The van der Waals surface area contributed by atoms with Crippen LogP contribution >= 0.6 is 12.0 Å². The summed E-state index contributed by atoms with van der Waals surface area (Å²) in [6.45, 7) is 2.27. The lowest BCUT2D eigenvalue weighted by atomic mass is 10.1. The fraction of sp³-hybridized carbons (Fsp3) is 0.714. The van der Waals surface area contributed by atoms with Crippen molar-refractivity contribution >= 4 is 12.0 Å². The zero-order chi connectivity index (χ0) is 11.5. The van der Waals surface area contributed by atoms with Crippen LogP contribution in [-0.2, 0) is 4.18 Å². The zero-order valence-electron chi connectivity index (χ0n) is 10.4. The number of rotatable bonds is 9. The van der Waals surface area contributed by atoms with Gasteiger partial charge in [0.05, 0.1) is 12.0 Å². The standard InChI is InChI=1S/C14H24OS/c1-2-3-4-5-6-7-8-9-11-14-12-10-13-15-16-14/h10,12-13H,2-9,11H2,1H3. The van der Waals surface area contributed by atoms with Crippen LogP contribution in [0.15, 0.2) is 23.3 Å². The Morgan fingerprint density at radius 1 is 1.00 bits per heavy atom. The second-order valence-corrected chi connectivity index (χ2v) is 5.25. The van der Waals surface area contributed by atoms with E-state index >= 15 is 0 Å². The molecule has 0 radical (unpaired) electrons. The van der Waals surface area contributed by atoms with E-state index < -0.39 is 0 Å². The summed E-state index contributed by atoms with van der Waals surface area (Å²) in [5.41, 5.74) is 0. The molecule has 0 unspecified atom stereocenters. The molecule has 1 heterocycles. The molecule has 0 amide bonds. The molecule has 0 aromatic rings. The molecular weight excluding hydrogens is 216 g/mol. The maximum Gasteiger partial charge on any atom is 0.102 e. The van der Waals surface area contributed by atoms with Gasteiger partial charge in [0.15, 0.2) is 0 Å². The molecule has 16 heavy (non-hydrogen) atoms. The number of unbranched alkanes of at least 4 members (excludes halogenated alkanes) is 7. The van der Waals surface area contributed by atoms with E-state index in [0.29, 0.717) is 0 Å². The van der Waals surface area contributed by atoms with E-state index in [1.807, 2.05) is 6.08 Å². The van der Waals surface area contributed by atoms with Crippen molar-refractivity contribution in [2.24, 2.45) is 0 Å². The van der Waals surface area contributed by atoms with Crippen molar-refractivity contribution in [3.8, 4) is 0 Å². The normalized spacial score (nSPS) is 14.7. The third kappa shape index (κ3) is 7.00. The molecule has 1 aliphatic rings. The number of hydrogen-bond donors (Lipinski definition) is 0. The molecule has 1 nitrogen and oxygen atoms in total. The highest BCUT2D eigenvalue weighted by Gasteiger charge is 2.01. The lowest BCUT2D eigenvalue weighted by Gasteiger charge is -2.07. The molecule has 0 saturated heterocycles. The van der Waals surface area contributed by atoms with Gasteiger partial charge in [0, 0.05) is 4.91 Å². The van der Waals surface area contributed by atoms with E-state index in [-0.39, 0.29) is 0 Å². The Kier molecular flexibility index (Phi) is 8.41. The van der Waals surface area contributed by atoms with Crippen molar-refractivity contribution in [2.75, 3.05) is 0 Å². The Hall–Kier alpha value is -0.370. The third-order valence-corrected chi connectivity index (χ3v) is 3.61. The fourth-order valence-electron chi connectivity index (χ4n) is 1.85. The summed E-state index contributed by atoms with van der Waals surface area (Å²) < 4.78 is 5.17. The highest BCUT2D eigenvalue weighted by molar-refractivity contribution is 7.98. The molecule has 0 saturated carbocycles. The van der Waals surface area contributed by atoms with Gasteiger partial charge in [-0.25, -0.2) is 0 Å². The predicted octanol–water partition coefficient (Wildman–Crippen LogP) is 5.59. The monoisotopic (exact) mass is 240 g/mol. The Bertz CT molecular complexity index is 221. The summed E-state index contributed by atoms with van der Waals surface area (Å²) in [6, 6.07) is 0. The van der Waals surface area contributed by atoms with Gasteiger partial charge in [-0.1, -0.05) is 51.9 Å². The summed E-state index contributed by atoms with van der Waals surface area (Å²) in [5.74, 6) is 0. The summed E-state index contributed by atoms with van der Waals surface area (Å²) >= 11 is 1.51. The average Bonchev–Trinajstić information content (AvgIpc) is 2.34. The van der Waals surface area contributed by atoms with Crippen LogP contribution in [0, 0.1) is 0 Å². The first-order chi connectivity index (χ1) is 7.93. The van der Waals surface area contributed by atoms with Gasteiger partial charge in [-0.05, 0) is 25.0 Å². The van der Waals surface area contributed by atoms with Crippen molar-refractivity contribution in [2.45, 2.75) is 64.7 Å².